The molecule has 0 aromatic heterocycles. The van der Waals surface area contributed by atoms with Gasteiger partial charge in [0.2, 0.25) is 0 Å². The van der Waals surface area contributed by atoms with E-state index in [4.69, 9.17) is 4.74 Å². The quantitative estimate of drug-likeness (QED) is 0.796. The van der Waals surface area contributed by atoms with Gasteiger partial charge in [-0.2, -0.15) is 0 Å². The number of ether oxygens (including phenoxy) is 1. The van der Waals surface area contributed by atoms with E-state index >= 15 is 0 Å². The van der Waals surface area contributed by atoms with Gasteiger partial charge >= 0.3 is 6.09 Å². The number of sulfone groups is 1. The Labute approximate surface area is 116 Å². The maximum atomic E-state index is 12.2. The average molecular weight is 291 g/mol. The minimum Gasteiger partial charge on any atom is -0.444 e. The molecule has 112 valence electrons. The van der Waals surface area contributed by atoms with Crippen LogP contribution in [-0.2, 0) is 14.6 Å². The summed E-state index contributed by atoms with van der Waals surface area (Å²) in [6, 6.07) is -0.230. The van der Waals surface area contributed by atoms with E-state index in [0.29, 0.717) is 13.0 Å². The molecular weight excluding hydrogens is 266 g/mol. The number of carbonyl (C=O) groups excluding carboxylic acids is 1. The lowest BCUT2D eigenvalue weighted by Gasteiger charge is -2.31. The van der Waals surface area contributed by atoms with E-state index in [1.165, 1.54) is 0 Å². The molecule has 1 aliphatic rings. The third-order valence-electron chi connectivity index (χ3n) is 3.03. The second-order valence-corrected chi connectivity index (χ2v) is 8.31. The third-order valence-corrected chi connectivity index (χ3v) is 4.78. The van der Waals surface area contributed by atoms with Crippen molar-refractivity contribution >= 4 is 15.9 Å². The molecule has 0 aromatic carbocycles. The van der Waals surface area contributed by atoms with Gasteiger partial charge in [0.15, 0.2) is 9.84 Å². The lowest BCUT2D eigenvalue weighted by atomic mass is 10.2. The van der Waals surface area contributed by atoms with Gasteiger partial charge in [-0.25, -0.2) is 13.2 Å². The monoisotopic (exact) mass is 291 g/mol. The van der Waals surface area contributed by atoms with E-state index in [9.17, 15) is 13.2 Å². The highest BCUT2D eigenvalue weighted by atomic mass is 32.2. The fourth-order valence-corrected chi connectivity index (χ4v) is 3.82. The van der Waals surface area contributed by atoms with Crippen molar-refractivity contribution in [2.75, 3.05) is 18.1 Å². The molecule has 5 nitrogen and oxygen atoms in total. The molecule has 1 amide bonds. The molecule has 0 radical (unpaired) electrons. The molecule has 1 saturated heterocycles. The van der Waals surface area contributed by atoms with E-state index in [0.717, 1.165) is 12.8 Å². The number of hydrogen-bond acceptors (Lipinski definition) is 4. The maximum Gasteiger partial charge on any atom is 0.410 e. The summed E-state index contributed by atoms with van der Waals surface area (Å²) in [6.07, 6.45) is 1.93. The molecule has 1 aliphatic heterocycles. The van der Waals surface area contributed by atoms with Gasteiger partial charge in [0.1, 0.15) is 5.60 Å². The topological polar surface area (TPSA) is 63.7 Å². The lowest BCUT2D eigenvalue weighted by Crippen LogP contribution is -2.44. The number of rotatable bonds is 4. The zero-order chi connectivity index (χ0) is 14.7. The molecule has 0 aromatic rings. The van der Waals surface area contributed by atoms with Crippen LogP contribution in [0.25, 0.3) is 0 Å². The SMILES string of the molecule is CCCCN(C(=O)OC(C)(C)C)C1CCS(=O)(=O)C1. The smallest absolute Gasteiger partial charge is 0.410 e. The van der Waals surface area contributed by atoms with Crippen molar-refractivity contribution in [2.45, 2.75) is 58.6 Å². The Morgan fingerprint density at radius 2 is 2.00 bits per heavy atom. The first kappa shape index (κ1) is 16.3. The third kappa shape index (κ3) is 5.38. The molecule has 0 N–H and O–H groups in total. The molecule has 1 rings (SSSR count). The van der Waals surface area contributed by atoms with Crippen LogP contribution in [0.2, 0.25) is 0 Å². The minimum atomic E-state index is -2.99. The van der Waals surface area contributed by atoms with Gasteiger partial charge in [-0.15, -0.1) is 0 Å². The Morgan fingerprint density at radius 3 is 2.42 bits per heavy atom. The zero-order valence-electron chi connectivity index (χ0n) is 12.3. The van der Waals surface area contributed by atoms with Gasteiger partial charge in [0, 0.05) is 12.6 Å². The van der Waals surface area contributed by atoms with Crippen molar-refractivity contribution in [3.05, 3.63) is 0 Å². The number of nitrogens with zero attached hydrogens (tertiary/aromatic N) is 1. The molecule has 0 bridgehead atoms. The molecular formula is C13H25NO4S. The fraction of sp³-hybridized carbons (Fsp3) is 0.923. The van der Waals surface area contributed by atoms with Crippen LogP contribution in [0.4, 0.5) is 4.79 Å². The maximum absolute atomic E-state index is 12.2. The second-order valence-electron chi connectivity index (χ2n) is 6.08. The fourth-order valence-electron chi connectivity index (χ4n) is 2.09. The minimum absolute atomic E-state index is 0.0654. The van der Waals surface area contributed by atoms with Crippen molar-refractivity contribution in [1.82, 2.24) is 4.90 Å². The molecule has 0 spiro atoms. The van der Waals surface area contributed by atoms with Gasteiger partial charge in [0.25, 0.3) is 0 Å². The largest absolute Gasteiger partial charge is 0.444 e. The highest BCUT2D eigenvalue weighted by molar-refractivity contribution is 7.91. The molecule has 6 heteroatoms. The summed E-state index contributed by atoms with van der Waals surface area (Å²) in [7, 11) is -2.99. The standard InChI is InChI=1S/C13H25NO4S/c1-5-6-8-14(12(15)18-13(2,3)4)11-7-9-19(16,17)10-11/h11H,5-10H2,1-4H3. The van der Waals surface area contributed by atoms with Crippen LogP contribution in [0.3, 0.4) is 0 Å². The summed E-state index contributed by atoms with van der Waals surface area (Å²) in [6.45, 7) is 8.04. The van der Waals surface area contributed by atoms with Gasteiger partial charge in [0.05, 0.1) is 11.5 Å². The molecule has 0 saturated carbocycles. The Kier molecular flexibility index (Phi) is 5.24. The van der Waals surface area contributed by atoms with E-state index in [-0.39, 0.29) is 17.5 Å². The second kappa shape index (κ2) is 6.11. The van der Waals surface area contributed by atoms with Crippen molar-refractivity contribution in [3.63, 3.8) is 0 Å². The molecule has 1 atom stereocenters. The summed E-state index contributed by atoms with van der Waals surface area (Å²) in [5, 5.41) is 0. The van der Waals surface area contributed by atoms with Crippen molar-refractivity contribution in [3.8, 4) is 0 Å². The average Bonchev–Trinajstić information content (AvgIpc) is 2.57. The number of hydrogen-bond donors (Lipinski definition) is 0. The van der Waals surface area contributed by atoms with E-state index in [2.05, 4.69) is 0 Å². The van der Waals surface area contributed by atoms with Gasteiger partial charge in [-0.05, 0) is 33.6 Å². The zero-order valence-corrected chi connectivity index (χ0v) is 13.1. The molecule has 0 aliphatic carbocycles. The van der Waals surface area contributed by atoms with Crippen LogP contribution in [0, 0.1) is 0 Å². The van der Waals surface area contributed by atoms with Crippen LogP contribution >= 0.6 is 0 Å². The van der Waals surface area contributed by atoms with Crippen LogP contribution < -0.4 is 0 Å². The van der Waals surface area contributed by atoms with Crippen LogP contribution in [0.1, 0.15) is 47.0 Å². The summed E-state index contributed by atoms with van der Waals surface area (Å²) in [5.41, 5.74) is -0.557. The molecule has 1 unspecified atom stereocenters. The van der Waals surface area contributed by atoms with Crippen LogP contribution in [0.5, 0.6) is 0 Å². The van der Waals surface area contributed by atoms with E-state index in [1.54, 1.807) is 4.90 Å². The van der Waals surface area contributed by atoms with Gasteiger partial charge < -0.3 is 9.64 Å². The van der Waals surface area contributed by atoms with E-state index in [1.807, 2.05) is 27.7 Å². The first-order chi connectivity index (χ1) is 8.64. The van der Waals surface area contributed by atoms with Crippen molar-refractivity contribution < 1.29 is 17.9 Å². The van der Waals surface area contributed by atoms with Crippen molar-refractivity contribution in [1.29, 1.82) is 0 Å². The summed E-state index contributed by atoms with van der Waals surface area (Å²) < 4.78 is 28.5. The Morgan fingerprint density at radius 1 is 1.37 bits per heavy atom. The summed E-state index contributed by atoms with van der Waals surface area (Å²) in [4.78, 5) is 13.8. The van der Waals surface area contributed by atoms with Gasteiger partial charge in [-0.1, -0.05) is 13.3 Å². The van der Waals surface area contributed by atoms with Gasteiger partial charge in [-0.3, -0.25) is 0 Å². The highest BCUT2D eigenvalue weighted by Crippen LogP contribution is 2.21. The number of amides is 1. The predicted molar refractivity (Wildman–Crippen MR) is 74.9 cm³/mol. The predicted octanol–water partition coefficient (Wildman–Crippen LogP) is 2.21. The van der Waals surface area contributed by atoms with Crippen molar-refractivity contribution in [2.24, 2.45) is 0 Å². The summed E-state index contributed by atoms with van der Waals surface area (Å²) >= 11 is 0. The lowest BCUT2D eigenvalue weighted by molar-refractivity contribution is 0.0179. The normalized spacial score (nSPS) is 22.2. The molecule has 1 fully saturated rings. The van der Waals surface area contributed by atoms with Crippen LogP contribution in [0.15, 0.2) is 0 Å². The number of unbranched alkanes of at least 4 members (excludes halogenated alkanes) is 1. The van der Waals surface area contributed by atoms with Crippen LogP contribution in [-0.4, -0.2) is 49.1 Å². The Bertz CT molecular complexity index is 411. The Hall–Kier alpha value is -0.780. The molecule has 19 heavy (non-hydrogen) atoms. The Balaban J connectivity index is 2.74. The summed E-state index contributed by atoms with van der Waals surface area (Å²) in [5.74, 6) is 0.235. The first-order valence-electron chi connectivity index (χ1n) is 6.84. The first-order valence-corrected chi connectivity index (χ1v) is 8.67. The van der Waals surface area contributed by atoms with E-state index < -0.39 is 21.5 Å². The highest BCUT2D eigenvalue weighted by Gasteiger charge is 2.36. The molecule has 1 heterocycles. The number of carbonyl (C=O) groups is 1.